The van der Waals surface area contributed by atoms with Gasteiger partial charge in [0.15, 0.2) is 0 Å². The largest absolute Gasteiger partial charge is 0.493 e. The number of para-hydroxylation sites is 1. The first-order chi connectivity index (χ1) is 9.63. The zero-order chi connectivity index (χ0) is 14.2. The van der Waals surface area contributed by atoms with Crippen molar-refractivity contribution in [3.63, 3.8) is 0 Å². The van der Waals surface area contributed by atoms with Crippen molar-refractivity contribution in [2.75, 3.05) is 6.61 Å². The molecule has 1 aliphatic carbocycles. The number of nitrogens with zero attached hydrogens (tertiary/aromatic N) is 1. The van der Waals surface area contributed by atoms with Crippen LogP contribution in [0.1, 0.15) is 32.5 Å². The Balaban J connectivity index is 1.94. The summed E-state index contributed by atoms with van der Waals surface area (Å²) in [5.41, 5.74) is 8.03. The molecular formula is C16H21N3O. The second-order valence-corrected chi connectivity index (χ2v) is 5.63. The van der Waals surface area contributed by atoms with E-state index in [-0.39, 0.29) is 5.54 Å². The topological polar surface area (TPSA) is 63.9 Å². The van der Waals surface area contributed by atoms with Gasteiger partial charge in [0, 0.05) is 5.56 Å². The smallest absolute Gasteiger partial charge is 0.128 e. The fraction of sp³-hybridized carbons (Fsp3) is 0.438. The summed E-state index contributed by atoms with van der Waals surface area (Å²) in [7, 11) is 0. The van der Waals surface area contributed by atoms with E-state index in [4.69, 9.17) is 10.5 Å². The van der Waals surface area contributed by atoms with Gasteiger partial charge >= 0.3 is 0 Å². The number of benzene rings is 1. The van der Waals surface area contributed by atoms with E-state index >= 15 is 0 Å². The molecular weight excluding hydrogens is 250 g/mol. The van der Waals surface area contributed by atoms with Crippen LogP contribution in [0.2, 0.25) is 0 Å². The monoisotopic (exact) mass is 271 g/mol. The number of H-pyrrole nitrogens is 1. The van der Waals surface area contributed by atoms with Crippen molar-refractivity contribution in [2.24, 2.45) is 11.7 Å². The van der Waals surface area contributed by atoms with Crippen molar-refractivity contribution in [3.05, 3.63) is 36.3 Å². The normalized spacial score (nSPS) is 17.8. The van der Waals surface area contributed by atoms with Crippen molar-refractivity contribution in [1.29, 1.82) is 0 Å². The third-order valence-electron chi connectivity index (χ3n) is 3.99. The SMILES string of the molecule is CCOc1ccccc1-c1cnc(C(C)(N)C2CC2)[nH]1. The molecule has 1 aromatic heterocycles. The lowest BCUT2D eigenvalue weighted by Gasteiger charge is -2.21. The molecule has 0 spiro atoms. The van der Waals surface area contributed by atoms with E-state index in [0.29, 0.717) is 12.5 Å². The van der Waals surface area contributed by atoms with Gasteiger partial charge < -0.3 is 15.5 Å². The Morgan fingerprint density at radius 1 is 1.40 bits per heavy atom. The highest BCUT2D eigenvalue weighted by molar-refractivity contribution is 5.66. The van der Waals surface area contributed by atoms with Crippen molar-refractivity contribution < 1.29 is 4.74 Å². The molecule has 2 aromatic rings. The molecule has 3 rings (SSSR count). The molecule has 1 fully saturated rings. The highest BCUT2D eigenvalue weighted by Gasteiger charge is 2.41. The summed E-state index contributed by atoms with van der Waals surface area (Å²) in [4.78, 5) is 7.86. The Kier molecular flexibility index (Phi) is 3.26. The quantitative estimate of drug-likeness (QED) is 0.878. The van der Waals surface area contributed by atoms with Gasteiger partial charge in [-0.3, -0.25) is 0 Å². The number of aromatic amines is 1. The zero-order valence-electron chi connectivity index (χ0n) is 12.0. The second kappa shape index (κ2) is 4.94. The molecule has 0 aliphatic heterocycles. The van der Waals surface area contributed by atoms with Crippen LogP contribution in [0, 0.1) is 5.92 Å². The van der Waals surface area contributed by atoms with Crippen molar-refractivity contribution in [3.8, 4) is 17.0 Å². The van der Waals surface area contributed by atoms with E-state index in [0.717, 1.165) is 22.8 Å². The molecule has 20 heavy (non-hydrogen) atoms. The van der Waals surface area contributed by atoms with E-state index < -0.39 is 0 Å². The van der Waals surface area contributed by atoms with Crippen LogP contribution in [0.15, 0.2) is 30.5 Å². The summed E-state index contributed by atoms with van der Waals surface area (Å²) >= 11 is 0. The fourth-order valence-electron chi connectivity index (χ4n) is 2.58. The molecule has 0 bridgehead atoms. The van der Waals surface area contributed by atoms with Gasteiger partial charge in [0.1, 0.15) is 11.6 Å². The molecule has 0 amide bonds. The summed E-state index contributed by atoms with van der Waals surface area (Å²) in [6.07, 6.45) is 4.23. The molecule has 0 saturated heterocycles. The summed E-state index contributed by atoms with van der Waals surface area (Å²) in [6, 6.07) is 7.99. The Hall–Kier alpha value is -1.81. The van der Waals surface area contributed by atoms with Gasteiger partial charge in [-0.25, -0.2) is 4.98 Å². The van der Waals surface area contributed by atoms with Crippen LogP contribution in [-0.2, 0) is 5.54 Å². The standard InChI is InChI=1S/C16H21N3O/c1-3-20-14-7-5-4-6-12(14)13-10-18-15(19-13)16(2,17)11-8-9-11/h4-7,10-11H,3,8-9,17H2,1-2H3,(H,18,19). The molecule has 1 saturated carbocycles. The molecule has 1 aromatic carbocycles. The lowest BCUT2D eigenvalue weighted by molar-refractivity contribution is 0.341. The van der Waals surface area contributed by atoms with Crippen molar-refractivity contribution >= 4 is 0 Å². The van der Waals surface area contributed by atoms with Crippen molar-refractivity contribution in [2.45, 2.75) is 32.2 Å². The maximum atomic E-state index is 6.41. The molecule has 4 nitrogen and oxygen atoms in total. The first kappa shape index (κ1) is 13.2. The van der Waals surface area contributed by atoms with E-state index in [2.05, 4.69) is 16.9 Å². The average molecular weight is 271 g/mol. The minimum Gasteiger partial charge on any atom is -0.493 e. The van der Waals surface area contributed by atoms with Crippen molar-refractivity contribution in [1.82, 2.24) is 9.97 Å². The predicted molar refractivity (Wildman–Crippen MR) is 79.5 cm³/mol. The Morgan fingerprint density at radius 2 is 2.15 bits per heavy atom. The van der Waals surface area contributed by atoms with Gasteiger partial charge in [-0.2, -0.15) is 0 Å². The van der Waals surface area contributed by atoms with Gasteiger partial charge in [0.2, 0.25) is 0 Å². The van der Waals surface area contributed by atoms with Crippen LogP contribution in [-0.4, -0.2) is 16.6 Å². The Labute approximate surface area is 119 Å². The Bertz CT molecular complexity index is 599. The molecule has 3 N–H and O–H groups in total. The molecule has 106 valence electrons. The van der Waals surface area contributed by atoms with E-state index in [1.54, 1.807) is 0 Å². The minimum atomic E-state index is -0.362. The van der Waals surface area contributed by atoms with Crippen LogP contribution in [0.3, 0.4) is 0 Å². The lowest BCUT2D eigenvalue weighted by Crippen LogP contribution is -2.36. The zero-order valence-corrected chi connectivity index (χ0v) is 12.0. The fourth-order valence-corrected chi connectivity index (χ4v) is 2.58. The third-order valence-corrected chi connectivity index (χ3v) is 3.99. The number of rotatable bonds is 5. The highest BCUT2D eigenvalue weighted by atomic mass is 16.5. The van der Waals surface area contributed by atoms with Gasteiger partial charge in [-0.05, 0) is 44.7 Å². The number of hydrogen-bond donors (Lipinski definition) is 2. The van der Waals surface area contributed by atoms with Gasteiger partial charge in [-0.15, -0.1) is 0 Å². The van der Waals surface area contributed by atoms with Gasteiger partial charge in [0.05, 0.1) is 24.0 Å². The van der Waals surface area contributed by atoms with E-state index in [1.165, 1.54) is 12.8 Å². The number of nitrogens with one attached hydrogen (secondary N) is 1. The summed E-state index contributed by atoms with van der Waals surface area (Å²) in [5.74, 6) is 2.28. The van der Waals surface area contributed by atoms with Gasteiger partial charge in [0.25, 0.3) is 0 Å². The number of hydrogen-bond acceptors (Lipinski definition) is 3. The molecule has 1 aliphatic rings. The van der Waals surface area contributed by atoms with Crippen LogP contribution in [0.4, 0.5) is 0 Å². The molecule has 1 atom stereocenters. The molecule has 1 unspecified atom stereocenters. The van der Waals surface area contributed by atoms with E-state index in [9.17, 15) is 0 Å². The molecule has 0 radical (unpaired) electrons. The summed E-state index contributed by atoms with van der Waals surface area (Å²) < 4.78 is 5.67. The average Bonchev–Trinajstić information content (AvgIpc) is 3.18. The van der Waals surface area contributed by atoms with Crippen LogP contribution < -0.4 is 10.5 Å². The number of aromatic nitrogens is 2. The second-order valence-electron chi connectivity index (χ2n) is 5.63. The van der Waals surface area contributed by atoms with Gasteiger partial charge in [-0.1, -0.05) is 12.1 Å². The van der Waals surface area contributed by atoms with E-state index in [1.807, 2.05) is 37.4 Å². The first-order valence-corrected chi connectivity index (χ1v) is 7.19. The van der Waals surface area contributed by atoms with Crippen LogP contribution >= 0.6 is 0 Å². The summed E-state index contributed by atoms with van der Waals surface area (Å²) in [5, 5.41) is 0. The Morgan fingerprint density at radius 3 is 2.85 bits per heavy atom. The first-order valence-electron chi connectivity index (χ1n) is 7.19. The number of imidazole rings is 1. The lowest BCUT2D eigenvalue weighted by atomic mass is 9.97. The van der Waals surface area contributed by atoms with Crippen LogP contribution in [0.5, 0.6) is 5.75 Å². The minimum absolute atomic E-state index is 0.362. The maximum absolute atomic E-state index is 6.41. The predicted octanol–water partition coefficient (Wildman–Crippen LogP) is 3.06. The third kappa shape index (κ3) is 2.31. The number of ether oxygens (including phenoxy) is 1. The maximum Gasteiger partial charge on any atom is 0.128 e. The summed E-state index contributed by atoms with van der Waals surface area (Å²) in [6.45, 7) is 4.69. The molecule has 4 heteroatoms. The van der Waals surface area contributed by atoms with Crippen LogP contribution in [0.25, 0.3) is 11.3 Å². The highest BCUT2D eigenvalue weighted by Crippen LogP contribution is 2.43. The number of nitrogens with two attached hydrogens (primary N) is 1. The molecule has 1 heterocycles.